The van der Waals surface area contributed by atoms with Crippen LogP contribution >= 0.6 is 0 Å². The number of aromatic amines is 1. The zero-order valence-corrected chi connectivity index (χ0v) is 8.08. The first-order chi connectivity index (χ1) is 6.68. The summed E-state index contributed by atoms with van der Waals surface area (Å²) in [4.78, 5) is 19.9. The van der Waals surface area contributed by atoms with Gasteiger partial charge in [0.2, 0.25) is 11.8 Å². The van der Waals surface area contributed by atoms with Gasteiger partial charge in [0.15, 0.2) is 0 Å². The van der Waals surface area contributed by atoms with Gasteiger partial charge in [0.1, 0.15) is 0 Å². The molecule has 5 nitrogen and oxygen atoms in total. The first-order valence-electron chi connectivity index (χ1n) is 4.73. The number of hydrogen-bond acceptors (Lipinski definition) is 4. The van der Waals surface area contributed by atoms with E-state index in [1.54, 1.807) is 6.92 Å². The topological polar surface area (TPSA) is 69.2 Å². The van der Waals surface area contributed by atoms with Crippen LogP contribution in [-0.2, 0) is 0 Å². The van der Waals surface area contributed by atoms with Gasteiger partial charge in [-0.2, -0.15) is 4.98 Å². The molecule has 1 fully saturated rings. The van der Waals surface area contributed by atoms with Gasteiger partial charge >= 0.3 is 0 Å². The smallest absolute Gasteiger partial charge is 0.259 e. The summed E-state index contributed by atoms with van der Waals surface area (Å²) in [7, 11) is 0. The van der Waals surface area contributed by atoms with Crippen molar-refractivity contribution in [3.63, 3.8) is 0 Å². The van der Waals surface area contributed by atoms with Crippen molar-refractivity contribution in [3.8, 4) is 5.88 Å². The van der Waals surface area contributed by atoms with Gasteiger partial charge in [-0.3, -0.25) is 9.78 Å². The Hall–Kier alpha value is -1.52. The second-order valence-corrected chi connectivity index (χ2v) is 3.53. The van der Waals surface area contributed by atoms with Crippen LogP contribution in [-0.4, -0.2) is 28.2 Å². The predicted molar refractivity (Wildman–Crippen MR) is 52.7 cm³/mol. The second-order valence-electron chi connectivity index (χ2n) is 3.53. The Balaban J connectivity index is 2.39. The summed E-state index contributed by atoms with van der Waals surface area (Å²) >= 11 is 0. The van der Waals surface area contributed by atoms with Crippen molar-refractivity contribution in [2.75, 3.05) is 18.0 Å². The van der Waals surface area contributed by atoms with Gasteiger partial charge in [-0.1, -0.05) is 0 Å². The molecule has 0 aliphatic carbocycles. The number of hydrogen-bond donors (Lipinski definition) is 2. The van der Waals surface area contributed by atoms with Gasteiger partial charge in [-0.15, -0.1) is 0 Å². The summed E-state index contributed by atoms with van der Waals surface area (Å²) in [5.41, 5.74) is 0.00680. The van der Waals surface area contributed by atoms with Crippen molar-refractivity contribution in [3.05, 3.63) is 15.9 Å². The fourth-order valence-corrected chi connectivity index (χ4v) is 1.59. The molecule has 0 saturated carbocycles. The van der Waals surface area contributed by atoms with Crippen LogP contribution < -0.4 is 10.5 Å². The number of rotatable bonds is 1. The van der Waals surface area contributed by atoms with E-state index in [2.05, 4.69) is 9.97 Å². The van der Waals surface area contributed by atoms with E-state index in [4.69, 9.17) is 0 Å². The van der Waals surface area contributed by atoms with Crippen molar-refractivity contribution in [1.29, 1.82) is 0 Å². The SMILES string of the molecule is Cc1c(O)nc(N2CCCC2)[nH]c1=O. The molecule has 0 unspecified atom stereocenters. The van der Waals surface area contributed by atoms with Gasteiger partial charge in [0, 0.05) is 13.1 Å². The molecule has 1 aliphatic rings. The zero-order valence-electron chi connectivity index (χ0n) is 8.08. The Morgan fingerprint density at radius 3 is 2.64 bits per heavy atom. The zero-order chi connectivity index (χ0) is 10.1. The first-order valence-corrected chi connectivity index (χ1v) is 4.73. The van der Waals surface area contributed by atoms with Crippen molar-refractivity contribution in [2.45, 2.75) is 19.8 Å². The minimum atomic E-state index is -0.264. The molecule has 2 heterocycles. The largest absolute Gasteiger partial charge is 0.493 e. The molecule has 5 heteroatoms. The van der Waals surface area contributed by atoms with E-state index in [1.807, 2.05) is 4.90 Å². The fraction of sp³-hybridized carbons (Fsp3) is 0.556. The average molecular weight is 195 g/mol. The second kappa shape index (κ2) is 3.32. The van der Waals surface area contributed by atoms with Gasteiger partial charge in [-0.25, -0.2) is 0 Å². The predicted octanol–water partition coefficient (Wildman–Crippen LogP) is 0.384. The number of aromatic nitrogens is 2. The van der Waals surface area contributed by atoms with E-state index in [0.717, 1.165) is 25.9 Å². The summed E-state index contributed by atoms with van der Waals surface area (Å²) in [5.74, 6) is 0.311. The number of nitrogens with one attached hydrogen (secondary N) is 1. The van der Waals surface area contributed by atoms with E-state index in [-0.39, 0.29) is 17.0 Å². The molecule has 0 aromatic carbocycles. The van der Waals surface area contributed by atoms with Crippen LogP contribution in [0.4, 0.5) is 5.95 Å². The Morgan fingerprint density at radius 2 is 2.07 bits per heavy atom. The molecule has 0 atom stereocenters. The molecule has 14 heavy (non-hydrogen) atoms. The lowest BCUT2D eigenvalue weighted by Gasteiger charge is -2.15. The Morgan fingerprint density at radius 1 is 1.43 bits per heavy atom. The average Bonchev–Trinajstić information content (AvgIpc) is 2.66. The van der Waals surface area contributed by atoms with E-state index >= 15 is 0 Å². The van der Waals surface area contributed by atoms with E-state index in [1.165, 1.54) is 0 Å². The van der Waals surface area contributed by atoms with Crippen LogP contribution in [0.25, 0.3) is 0 Å². The Labute approximate surface area is 81.4 Å². The molecule has 2 N–H and O–H groups in total. The molecule has 1 saturated heterocycles. The van der Waals surface area contributed by atoms with Crippen LogP contribution in [0.2, 0.25) is 0 Å². The van der Waals surface area contributed by atoms with Crippen LogP contribution in [0.5, 0.6) is 5.88 Å². The van der Waals surface area contributed by atoms with Crippen molar-refractivity contribution >= 4 is 5.95 Å². The quantitative estimate of drug-likeness (QED) is 0.680. The van der Waals surface area contributed by atoms with E-state index in [9.17, 15) is 9.90 Å². The molecule has 0 bridgehead atoms. The Bertz CT molecular complexity index is 394. The van der Waals surface area contributed by atoms with Crippen molar-refractivity contribution < 1.29 is 5.11 Å². The molecule has 0 spiro atoms. The van der Waals surface area contributed by atoms with E-state index < -0.39 is 0 Å². The number of nitrogens with zero attached hydrogens (tertiary/aromatic N) is 2. The standard InChI is InChI=1S/C9H13N3O2/c1-6-7(13)10-9(11-8(6)14)12-4-2-3-5-12/h2-5H2,1H3,(H2,10,11,13,14). The van der Waals surface area contributed by atoms with Crippen LogP contribution in [0.1, 0.15) is 18.4 Å². The molecule has 0 amide bonds. The maximum absolute atomic E-state index is 11.3. The van der Waals surface area contributed by atoms with Crippen molar-refractivity contribution in [2.24, 2.45) is 0 Å². The normalized spacial score (nSPS) is 16.2. The molecule has 2 rings (SSSR count). The minimum absolute atomic E-state index is 0.171. The lowest BCUT2D eigenvalue weighted by molar-refractivity contribution is 0.446. The highest BCUT2D eigenvalue weighted by Crippen LogP contribution is 2.17. The minimum Gasteiger partial charge on any atom is -0.493 e. The molecule has 0 radical (unpaired) electrons. The van der Waals surface area contributed by atoms with Gasteiger partial charge in [-0.05, 0) is 19.8 Å². The number of anilines is 1. The summed E-state index contributed by atoms with van der Waals surface area (Å²) in [6, 6.07) is 0. The highest BCUT2D eigenvalue weighted by Gasteiger charge is 2.16. The van der Waals surface area contributed by atoms with Crippen molar-refractivity contribution in [1.82, 2.24) is 9.97 Å². The molecular weight excluding hydrogens is 182 g/mol. The van der Waals surface area contributed by atoms with Gasteiger partial charge < -0.3 is 10.0 Å². The third kappa shape index (κ3) is 1.45. The highest BCUT2D eigenvalue weighted by atomic mass is 16.3. The molecule has 1 aliphatic heterocycles. The van der Waals surface area contributed by atoms with Crippen LogP contribution in [0.3, 0.4) is 0 Å². The van der Waals surface area contributed by atoms with Gasteiger partial charge in [0.25, 0.3) is 5.56 Å². The number of aromatic hydroxyl groups is 1. The molecule has 76 valence electrons. The molecule has 1 aromatic heterocycles. The fourth-order valence-electron chi connectivity index (χ4n) is 1.59. The molecular formula is C9H13N3O2. The van der Waals surface area contributed by atoms with Gasteiger partial charge in [0.05, 0.1) is 5.56 Å². The summed E-state index contributed by atoms with van der Waals surface area (Å²) in [6.45, 7) is 3.34. The summed E-state index contributed by atoms with van der Waals surface area (Å²) in [6.07, 6.45) is 2.22. The maximum atomic E-state index is 11.3. The maximum Gasteiger partial charge on any atom is 0.259 e. The third-order valence-corrected chi connectivity index (χ3v) is 2.52. The third-order valence-electron chi connectivity index (χ3n) is 2.52. The van der Waals surface area contributed by atoms with Crippen LogP contribution in [0, 0.1) is 6.92 Å². The monoisotopic (exact) mass is 195 g/mol. The molecule has 1 aromatic rings. The summed E-state index contributed by atoms with van der Waals surface area (Å²) < 4.78 is 0. The Kier molecular flexibility index (Phi) is 2.15. The lowest BCUT2D eigenvalue weighted by Crippen LogP contribution is -2.24. The highest BCUT2D eigenvalue weighted by molar-refractivity contribution is 5.35. The number of H-pyrrole nitrogens is 1. The van der Waals surface area contributed by atoms with Crippen LogP contribution in [0.15, 0.2) is 4.79 Å². The van der Waals surface area contributed by atoms with E-state index in [0.29, 0.717) is 5.95 Å². The first kappa shape index (κ1) is 9.05. The lowest BCUT2D eigenvalue weighted by atomic mass is 10.4. The summed E-state index contributed by atoms with van der Waals surface area (Å²) in [5, 5.41) is 9.38.